The molecule has 0 radical (unpaired) electrons. The monoisotopic (exact) mass is 884 g/mol. The smallest absolute Gasteiger partial charge is 0.312 e. The van der Waals surface area contributed by atoms with Crippen LogP contribution in [0.4, 0.5) is 5.69 Å². The molecule has 0 saturated carbocycles. The fraction of sp³-hybridized carbons (Fsp3) is 0.565. The molecule has 63 heavy (non-hydrogen) atoms. The van der Waals surface area contributed by atoms with Crippen molar-refractivity contribution in [2.75, 3.05) is 45.5 Å². The number of phenols is 3. The van der Waals surface area contributed by atoms with Gasteiger partial charge in [0, 0.05) is 67.8 Å². The number of carbonyl (C=O) groups excluding carboxylic acids is 3. The Kier molecular flexibility index (Phi) is 18.0. The first-order valence-corrected chi connectivity index (χ1v) is 21.2. The summed E-state index contributed by atoms with van der Waals surface area (Å²) in [6.07, 6.45) is 6.38. The van der Waals surface area contributed by atoms with Gasteiger partial charge in [-0.2, -0.15) is 0 Å². The third-order valence-electron chi connectivity index (χ3n) is 11.6. The van der Waals surface area contributed by atoms with E-state index in [4.69, 9.17) is 33.3 Å². The maximum absolute atomic E-state index is 14.4. The highest BCUT2D eigenvalue weighted by atomic mass is 16.7. The molecule has 17 nitrogen and oxygen atoms in total. The van der Waals surface area contributed by atoms with Crippen molar-refractivity contribution in [1.29, 1.82) is 0 Å². The second-order valence-electron chi connectivity index (χ2n) is 16.3. The molecule has 0 aromatic heterocycles. The van der Waals surface area contributed by atoms with Gasteiger partial charge in [0.2, 0.25) is 0 Å². The molecule has 3 aliphatic heterocycles. The zero-order valence-corrected chi connectivity index (χ0v) is 37.8. The summed E-state index contributed by atoms with van der Waals surface area (Å²) < 4.78 is 34.5. The molecular weight excluding hydrogens is 821 g/mol. The lowest BCUT2D eigenvalue weighted by atomic mass is 9.78. The number of phenolic OH excluding ortho intramolecular Hbond substituents is 3. The molecule has 0 aliphatic carbocycles. The van der Waals surface area contributed by atoms with Crippen LogP contribution in [0.3, 0.4) is 0 Å². The second kappa shape index (κ2) is 22.4. The molecule has 0 saturated heterocycles. The zero-order chi connectivity index (χ0) is 46.8. The summed E-state index contributed by atoms with van der Waals surface area (Å²) in [7, 11) is 1.42. The number of oxime groups is 1. The summed E-state index contributed by atoms with van der Waals surface area (Å²) in [5, 5.41) is 64.1. The van der Waals surface area contributed by atoms with Crippen LogP contribution >= 0.6 is 0 Å². The Labute approximate surface area is 368 Å². The molecule has 6 N–H and O–H groups in total. The first-order chi connectivity index (χ1) is 29.8. The lowest BCUT2D eigenvalue weighted by molar-refractivity contribution is -0.160. The highest BCUT2D eigenvalue weighted by Crippen LogP contribution is 2.55. The number of Topliss-reactive ketones (excluding diaryl/α,β-unsaturated/α-hetero) is 1. The van der Waals surface area contributed by atoms with Crippen LogP contribution in [0.15, 0.2) is 41.3 Å². The topological polar surface area (TPSA) is 241 Å². The third kappa shape index (κ3) is 11.5. The minimum Gasteiger partial charge on any atom is -0.507 e. The van der Waals surface area contributed by atoms with Crippen LogP contribution in [0.25, 0.3) is 10.8 Å². The van der Waals surface area contributed by atoms with E-state index in [2.05, 4.69) is 17.4 Å². The second-order valence-corrected chi connectivity index (χ2v) is 16.3. The number of hydrogen-bond acceptors (Lipinski definition) is 16. The van der Waals surface area contributed by atoms with E-state index in [0.717, 1.165) is 19.1 Å². The third-order valence-corrected chi connectivity index (χ3v) is 11.6. The Morgan fingerprint density at radius 2 is 1.57 bits per heavy atom. The molecule has 3 aliphatic rings. The van der Waals surface area contributed by atoms with Gasteiger partial charge in [0.1, 0.15) is 30.0 Å². The van der Waals surface area contributed by atoms with Gasteiger partial charge < -0.3 is 64.1 Å². The van der Waals surface area contributed by atoms with Crippen LogP contribution < -0.4 is 10.1 Å². The molecule has 0 unspecified atom stereocenters. The standard InChI is InChI=1S/C46H64N2O15/c1-11-12-17-58-19-20-59-21-22-61-47-23-31-36-41(54)34-33(40(31)53)35-43(29(7)39(34)52)63-46(9,44(35)55)60-18-16-32(57-10)26(4)42(62-30(8)49)28(6)38(51)27(5)37(50)24(2)14-13-15-25(3)45(56)48-36/h13-16,18,23-24,26-28,32,37-38,42,50-54H,11-12,17,19-22H2,1-10H3,(H,48,56)/b14-13-,18-16-,25-15-,47-23+/t24-,26+,27+,28+,32-,37-,38+,42+,46-/m0/s1. The number of nitrogens with one attached hydrogen (secondary N) is 1. The van der Waals surface area contributed by atoms with Crippen molar-refractivity contribution >= 4 is 40.3 Å². The fourth-order valence-corrected chi connectivity index (χ4v) is 7.68. The maximum atomic E-state index is 14.4. The summed E-state index contributed by atoms with van der Waals surface area (Å²) in [5.74, 6) is -8.82. The molecule has 5 bridgehead atoms. The van der Waals surface area contributed by atoms with E-state index >= 15 is 0 Å². The van der Waals surface area contributed by atoms with Crippen molar-refractivity contribution in [3.63, 3.8) is 0 Å². The van der Waals surface area contributed by atoms with E-state index in [0.29, 0.717) is 19.8 Å². The molecule has 0 fully saturated rings. The molecular formula is C46H64N2O15. The number of nitrogens with zero attached hydrogens (tertiary/aromatic N) is 1. The van der Waals surface area contributed by atoms with Gasteiger partial charge in [-0.1, -0.05) is 64.4 Å². The van der Waals surface area contributed by atoms with E-state index in [1.54, 1.807) is 39.8 Å². The van der Waals surface area contributed by atoms with Crippen LogP contribution in [0.5, 0.6) is 23.0 Å². The van der Waals surface area contributed by atoms with Crippen molar-refractivity contribution < 1.29 is 73.2 Å². The summed E-state index contributed by atoms with van der Waals surface area (Å²) in [6, 6.07) is 0. The van der Waals surface area contributed by atoms with Gasteiger partial charge in [-0.25, -0.2) is 0 Å². The molecule has 2 aromatic carbocycles. The van der Waals surface area contributed by atoms with E-state index in [1.807, 2.05) is 0 Å². The van der Waals surface area contributed by atoms with E-state index in [9.17, 15) is 39.9 Å². The number of esters is 1. The van der Waals surface area contributed by atoms with Gasteiger partial charge in [0.05, 0.1) is 72.8 Å². The summed E-state index contributed by atoms with van der Waals surface area (Å²) >= 11 is 0. The SMILES string of the molecule is CCCCOCCOCCO/N=C/c1c2c(O)c3c(O)c(C)c4c(c3c1O)C(=O)[C@@](C)(O/C=C\[C@H](OC)[C@@H](C)[C@@H](OC(C)=O)[C@H](C)[C@H](O)[C@H](C)[C@@H](O)[C@@H](C)/C=C\C=C(\C)C(=O)N2)O4. The number of aliphatic hydroxyl groups is 2. The van der Waals surface area contributed by atoms with Gasteiger partial charge in [0.25, 0.3) is 11.7 Å². The highest BCUT2D eigenvalue weighted by Gasteiger charge is 2.50. The van der Waals surface area contributed by atoms with Gasteiger partial charge in [0.15, 0.2) is 5.75 Å². The minimum absolute atomic E-state index is 0.0103. The molecule has 17 heteroatoms. The number of anilines is 1. The molecule has 1 amide bonds. The predicted octanol–water partition coefficient (Wildman–Crippen LogP) is 5.94. The van der Waals surface area contributed by atoms with Crippen molar-refractivity contribution in [3.05, 3.63) is 52.8 Å². The van der Waals surface area contributed by atoms with Crippen LogP contribution in [0.2, 0.25) is 0 Å². The molecule has 0 spiro atoms. The summed E-state index contributed by atoms with van der Waals surface area (Å²) in [4.78, 5) is 45.8. The molecule has 2 aromatic rings. The predicted molar refractivity (Wildman–Crippen MR) is 234 cm³/mol. The Bertz CT molecular complexity index is 2080. The van der Waals surface area contributed by atoms with E-state index < -0.39 is 88.8 Å². The Balaban J connectivity index is 1.85. The molecule has 3 heterocycles. The van der Waals surface area contributed by atoms with Gasteiger partial charge >= 0.3 is 11.8 Å². The summed E-state index contributed by atoms with van der Waals surface area (Å²) in [5.41, 5.74) is -0.723. The number of rotatable bonds is 13. The molecule has 348 valence electrons. The van der Waals surface area contributed by atoms with Crippen LogP contribution in [0, 0.1) is 30.6 Å². The minimum atomic E-state index is -2.08. The highest BCUT2D eigenvalue weighted by molar-refractivity contribution is 6.23. The Hall–Kier alpha value is -5.20. The van der Waals surface area contributed by atoms with Gasteiger partial charge in [-0.05, 0) is 26.3 Å². The average Bonchev–Trinajstić information content (AvgIpc) is 3.51. The number of hydrogen-bond donors (Lipinski definition) is 6. The van der Waals surface area contributed by atoms with Crippen molar-refractivity contribution in [2.24, 2.45) is 28.8 Å². The van der Waals surface area contributed by atoms with Crippen LogP contribution in [-0.2, 0) is 38.1 Å². The number of amides is 1. The van der Waals surface area contributed by atoms with Crippen molar-refractivity contribution in [1.82, 2.24) is 0 Å². The van der Waals surface area contributed by atoms with E-state index in [1.165, 1.54) is 53.2 Å². The number of ketones is 1. The first kappa shape index (κ1) is 50.4. The number of fused-ring (bicyclic) bond motifs is 14. The number of aliphatic hydroxyl groups excluding tert-OH is 2. The first-order valence-electron chi connectivity index (χ1n) is 21.2. The maximum Gasteiger partial charge on any atom is 0.312 e. The van der Waals surface area contributed by atoms with Crippen LogP contribution in [0.1, 0.15) is 89.7 Å². The number of methoxy groups -OCH3 is 1. The molecule has 5 rings (SSSR count). The fourth-order valence-electron chi connectivity index (χ4n) is 7.68. The number of ether oxygens (including phenoxy) is 6. The summed E-state index contributed by atoms with van der Waals surface area (Å²) in [6.45, 7) is 16.0. The zero-order valence-electron chi connectivity index (χ0n) is 37.8. The van der Waals surface area contributed by atoms with Gasteiger partial charge in [-0.15, -0.1) is 0 Å². The Morgan fingerprint density at radius 3 is 2.22 bits per heavy atom. The quantitative estimate of drug-likeness (QED) is 0.0341. The number of benzene rings is 2. The normalized spacial score (nSPS) is 28.9. The lowest BCUT2D eigenvalue weighted by Crippen LogP contribution is -2.46. The number of allylic oxidation sites excluding steroid dienone is 2. The number of unbranched alkanes of at least 4 members (excludes halogenated alkanes) is 1. The average molecular weight is 885 g/mol. The van der Waals surface area contributed by atoms with Crippen molar-refractivity contribution in [3.8, 4) is 23.0 Å². The van der Waals surface area contributed by atoms with Crippen molar-refractivity contribution in [2.45, 2.75) is 105 Å². The lowest BCUT2D eigenvalue weighted by Gasteiger charge is -2.38. The molecule has 9 atom stereocenters. The largest absolute Gasteiger partial charge is 0.507 e. The van der Waals surface area contributed by atoms with Gasteiger partial charge in [-0.3, -0.25) is 14.4 Å². The number of aromatic hydroxyl groups is 3. The number of carbonyl (C=O) groups is 3. The Morgan fingerprint density at radius 1 is 0.905 bits per heavy atom. The van der Waals surface area contributed by atoms with Crippen LogP contribution in [-0.4, -0.2) is 120 Å². The van der Waals surface area contributed by atoms with E-state index in [-0.39, 0.29) is 57.7 Å².